The van der Waals surface area contributed by atoms with Gasteiger partial charge in [0.15, 0.2) is 5.82 Å². The Labute approximate surface area is 178 Å². The summed E-state index contributed by atoms with van der Waals surface area (Å²) in [7, 11) is 1.60. The molecule has 1 spiro atoms. The molecule has 2 heterocycles. The third kappa shape index (κ3) is 3.91. The lowest BCUT2D eigenvalue weighted by molar-refractivity contribution is -0.158. The lowest BCUT2D eigenvalue weighted by Gasteiger charge is -2.47. The smallest absolute Gasteiger partial charge is 0.252 e. The molecule has 1 saturated heterocycles. The Bertz CT molecular complexity index is 952. The van der Waals surface area contributed by atoms with Crippen molar-refractivity contribution in [1.29, 1.82) is 0 Å². The van der Waals surface area contributed by atoms with Crippen molar-refractivity contribution in [2.24, 2.45) is 0 Å². The maximum atomic E-state index is 13.0. The van der Waals surface area contributed by atoms with Gasteiger partial charge in [0.25, 0.3) is 5.91 Å². The number of hydrogen-bond acceptors (Lipinski definition) is 7. The van der Waals surface area contributed by atoms with Crippen LogP contribution < -0.4 is 10.1 Å². The normalized spacial score (nSPS) is 18.4. The molecule has 2 fully saturated rings. The van der Waals surface area contributed by atoms with E-state index < -0.39 is 11.4 Å². The second-order valence-electron chi connectivity index (χ2n) is 7.43. The molecule has 10 heteroatoms. The summed E-state index contributed by atoms with van der Waals surface area (Å²) in [5, 5.41) is 9.87. The van der Waals surface area contributed by atoms with E-state index in [1.54, 1.807) is 7.11 Å². The zero-order valence-corrected chi connectivity index (χ0v) is 17.5. The van der Waals surface area contributed by atoms with Crippen molar-refractivity contribution < 1.29 is 19.1 Å². The highest BCUT2D eigenvalue weighted by Gasteiger charge is 2.50. The van der Waals surface area contributed by atoms with Crippen LogP contribution in [-0.2, 0) is 14.4 Å². The molecule has 0 bridgehead atoms. The lowest BCUT2D eigenvalue weighted by Crippen LogP contribution is -2.69. The molecule has 0 radical (unpaired) electrons. The first kappa shape index (κ1) is 20.4. The molecule has 1 saturated carbocycles. The van der Waals surface area contributed by atoms with Gasteiger partial charge in [-0.05, 0) is 37.1 Å². The Kier molecular flexibility index (Phi) is 5.76. The number of piperazine rings is 1. The van der Waals surface area contributed by atoms with Crippen molar-refractivity contribution in [2.75, 3.05) is 19.4 Å². The number of methoxy groups -OCH3 is 1. The van der Waals surface area contributed by atoms with Gasteiger partial charge in [0.1, 0.15) is 17.8 Å². The van der Waals surface area contributed by atoms with E-state index in [9.17, 15) is 14.4 Å². The van der Waals surface area contributed by atoms with E-state index in [2.05, 4.69) is 20.5 Å². The molecule has 0 atom stereocenters. The quantitative estimate of drug-likeness (QED) is 0.549. The largest absolute Gasteiger partial charge is 0.497 e. The van der Waals surface area contributed by atoms with E-state index in [1.165, 1.54) is 16.7 Å². The zero-order chi connectivity index (χ0) is 21.1. The van der Waals surface area contributed by atoms with Crippen molar-refractivity contribution in [3.05, 3.63) is 24.3 Å². The van der Waals surface area contributed by atoms with Gasteiger partial charge in [-0.3, -0.25) is 24.8 Å². The number of aromatic amines is 1. The number of amides is 3. The fraction of sp³-hybridized carbons (Fsp3) is 0.450. The number of ether oxygens (including phenoxy) is 1. The maximum Gasteiger partial charge on any atom is 0.252 e. The third-order valence-corrected chi connectivity index (χ3v) is 6.46. The van der Waals surface area contributed by atoms with Crippen LogP contribution in [0.25, 0.3) is 11.4 Å². The first-order valence-corrected chi connectivity index (χ1v) is 10.8. The molecular weight excluding hydrogens is 406 g/mol. The SMILES string of the molecule is COc1ccc(-c2nc(SCC(=O)N3CC(=O)NC(=O)C34CCCCC4)n[nH]2)cc1. The number of carbonyl (C=O) groups excluding carboxylic acids is 3. The standard InChI is InChI=1S/C20H23N5O4S/c1-29-14-7-5-13(6-8-14)17-22-19(24-23-17)30-12-16(27)25-11-15(26)21-18(28)20(25)9-3-2-4-10-20/h5-8H,2-4,9-12H2,1H3,(H,21,26,28)(H,22,23,24). The van der Waals surface area contributed by atoms with Crippen LogP contribution in [0.2, 0.25) is 0 Å². The highest BCUT2D eigenvalue weighted by atomic mass is 32.2. The van der Waals surface area contributed by atoms with E-state index in [1.807, 2.05) is 24.3 Å². The van der Waals surface area contributed by atoms with E-state index >= 15 is 0 Å². The van der Waals surface area contributed by atoms with Gasteiger partial charge in [0.05, 0.1) is 12.9 Å². The Morgan fingerprint density at radius 3 is 2.63 bits per heavy atom. The molecule has 4 rings (SSSR count). The molecule has 9 nitrogen and oxygen atoms in total. The highest BCUT2D eigenvalue weighted by Crippen LogP contribution is 2.36. The van der Waals surface area contributed by atoms with Crippen LogP contribution >= 0.6 is 11.8 Å². The van der Waals surface area contributed by atoms with Crippen molar-refractivity contribution in [2.45, 2.75) is 42.8 Å². The molecule has 1 aliphatic heterocycles. The lowest BCUT2D eigenvalue weighted by atomic mass is 9.78. The molecule has 2 aliphatic rings. The molecule has 0 unspecified atom stereocenters. The first-order chi connectivity index (χ1) is 14.5. The average Bonchev–Trinajstić information content (AvgIpc) is 3.24. The van der Waals surface area contributed by atoms with E-state index in [-0.39, 0.29) is 24.1 Å². The van der Waals surface area contributed by atoms with Gasteiger partial charge in [-0.25, -0.2) is 4.98 Å². The number of rotatable bonds is 5. The first-order valence-electron chi connectivity index (χ1n) is 9.86. The predicted octanol–water partition coefficient (Wildman–Crippen LogP) is 1.76. The fourth-order valence-electron chi connectivity index (χ4n) is 4.05. The minimum atomic E-state index is -0.906. The Hall–Kier alpha value is -2.88. The molecule has 1 aliphatic carbocycles. The zero-order valence-electron chi connectivity index (χ0n) is 16.6. The van der Waals surface area contributed by atoms with Gasteiger partial charge in [0, 0.05) is 5.56 Å². The van der Waals surface area contributed by atoms with Gasteiger partial charge in [-0.1, -0.05) is 31.0 Å². The Morgan fingerprint density at radius 1 is 1.20 bits per heavy atom. The van der Waals surface area contributed by atoms with Crippen LogP contribution in [0, 0.1) is 0 Å². The summed E-state index contributed by atoms with van der Waals surface area (Å²) in [4.78, 5) is 43.4. The topological polar surface area (TPSA) is 117 Å². The summed E-state index contributed by atoms with van der Waals surface area (Å²) in [5.74, 6) is 0.355. The number of benzene rings is 1. The molecule has 1 aromatic carbocycles. The maximum absolute atomic E-state index is 13.0. The number of H-pyrrole nitrogens is 1. The minimum absolute atomic E-state index is 0.0578. The second kappa shape index (κ2) is 8.47. The molecule has 3 amide bonds. The second-order valence-corrected chi connectivity index (χ2v) is 8.38. The summed E-state index contributed by atoms with van der Waals surface area (Å²) < 4.78 is 5.15. The van der Waals surface area contributed by atoms with Gasteiger partial charge in [-0.15, -0.1) is 5.10 Å². The molecular formula is C20H23N5O4S. The summed E-state index contributed by atoms with van der Waals surface area (Å²) in [5.41, 5.74) is -0.0576. The van der Waals surface area contributed by atoms with Gasteiger partial charge in [0.2, 0.25) is 17.0 Å². The fourth-order valence-corrected chi connectivity index (χ4v) is 4.73. The summed E-state index contributed by atoms with van der Waals surface area (Å²) in [6, 6.07) is 7.39. The minimum Gasteiger partial charge on any atom is -0.497 e. The van der Waals surface area contributed by atoms with Crippen LogP contribution in [0.3, 0.4) is 0 Å². The number of nitrogens with one attached hydrogen (secondary N) is 2. The average molecular weight is 430 g/mol. The van der Waals surface area contributed by atoms with Gasteiger partial charge < -0.3 is 9.64 Å². The number of hydrogen-bond donors (Lipinski definition) is 2. The molecule has 2 aromatic rings. The molecule has 30 heavy (non-hydrogen) atoms. The molecule has 158 valence electrons. The summed E-state index contributed by atoms with van der Waals surface area (Å²) in [6.07, 6.45) is 3.94. The predicted molar refractivity (Wildman–Crippen MR) is 110 cm³/mol. The van der Waals surface area contributed by atoms with Crippen molar-refractivity contribution in [3.63, 3.8) is 0 Å². The Balaban J connectivity index is 1.44. The molecule has 1 aromatic heterocycles. The van der Waals surface area contributed by atoms with Crippen LogP contribution in [0.1, 0.15) is 32.1 Å². The van der Waals surface area contributed by atoms with Crippen LogP contribution in [0.4, 0.5) is 0 Å². The van der Waals surface area contributed by atoms with Crippen LogP contribution in [0.15, 0.2) is 29.4 Å². The number of imide groups is 1. The van der Waals surface area contributed by atoms with Gasteiger partial charge in [-0.2, -0.15) is 0 Å². The molecule has 2 N–H and O–H groups in total. The van der Waals surface area contributed by atoms with Crippen molar-refractivity contribution >= 4 is 29.5 Å². The number of carbonyl (C=O) groups is 3. The monoisotopic (exact) mass is 429 g/mol. The number of aromatic nitrogens is 3. The van der Waals surface area contributed by atoms with Gasteiger partial charge >= 0.3 is 0 Å². The highest BCUT2D eigenvalue weighted by molar-refractivity contribution is 7.99. The number of nitrogens with zero attached hydrogens (tertiary/aromatic N) is 3. The van der Waals surface area contributed by atoms with Crippen LogP contribution in [-0.4, -0.2) is 62.7 Å². The van der Waals surface area contributed by atoms with Crippen LogP contribution in [0.5, 0.6) is 5.75 Å². The summed E-state index contributed by atoms with van der Waals surface area (Å²) in [6.45, 7) is -0.0871. The van der Waals surface area contributed by atoms with E-state index in [0.29, 0.717) is 23.8 Å². The van der Waals surface area contributed by atoms with E-state index in [0.717, 1.165) is 30.6 Å². The van der Waals surface area contributed by atoms with Crippen molar-refractivity contribution in [3.8, 4) is 17.1 Å². The summed E-state index contributed by atoms with van der Waals surface area (Å²) >= 11 is 1.18. The number of thioether (sulfide) groups is 1. The van der Waals surface area contributed by atoms with E-state index in [4.69, 9.17) is 4.74 Å². The van der Waals surface area contributed by atoms with Crippen molar-refractivity contribution in [1.82, 2.24) is 25.4 Å². The Morgan fingerprint density at radius 2 is 1.93 bits per heavy atom. The third-order valence-electron chi connectivity index (χ3n) is 5.63.